The van der Waals surface area contributed by atoms with Crippen molar-refractivity contribution in [3.05, 3.63) is 53.1 Å². The summed E-state index contributed by atoms with van der Waals surface area (Å²) in [4.78, 5) is 12.5. The molecule has 0 aliphatic rings. The van der Waals surface area contributed by atoms with E-state index in [1.54, 1.807) is 43.0 Å². The molecular weight excluding hydrogens is 386 g/mol. The maximum atomic E-state index is 12.5. The molecule has 0 spiro atoms. The highest BCUT2D eigenvalue weighted by Gasteiger charge is 2.21. The molecule has 0 saturated heterocycles. The summed E-state index contributed by atoms with van der Waals surface area (Å²) in [6.07, 6.45) is 0. The number of rotatable bonds is 6. The zero-order valence-corrected chi connectivity index (χ0v) is 16.6. The first-order chi connectivity index (χ1) is 13.0. The first-order valence-electron chi connectivity index (χ1n) is 8.14. The molecule has 0 radical (unpaired) electrons. The third-order valence-electron chi connectivity index (χ3n) is 3.75. The molecule has 0 aliphatic carbocycles. The summed E-state index contributed by atoms with van der Waals surface area (Å²) in [5.74, 6) is 0.471. The number of amides is 1. The Morgan fingerprint density at radius 3 is 2.85 bits per heavy atom. The number of nitrogens with zero attached hydrogens (tertiary/aromatic N) is 4. The minimum atomic E-state index is -0.426. The molecule has 3 aromatic rings. The second-order valence-corrected chi connectivity index (χ2v) is 7.55. The number of ether oxygens (including phenoxy) is 1. The second kappa shape index (κ2) is 8.41. The highest BCUT2D eigenvalue weighted by Crippen LogP contribution is 2.29. The van der Waals surface area contributed by atoms with Crippen LogP contribution in [0.25, 0.3) is 5.69 Å². The highest BCUT2D eigenvalue weighted by molar-refractivity contribution is 8.00. The third-order valence-corrected chi connectivity index (χ3v) is 5.02. The molecule has 9 heteroatoms. The molecule has 1 atom stereocenters. The van der Waals surface area contributed by atoms with Crippen molar-refractivity contribution in [2.45, 2.75) is 24.3 Å². The van der Waals surface area contributed by atoms with Crippen molar-refractivity contribution in [3.8, 4) is 11.4 Å². The van der Waals surface area contributed by atoms with E-state index in [-0.39, 0.29) is 5.91 Å². The predicted molar refractivity (Wildman–Crippen MR) is 106 cm³/mol. The number of anilines is 1. The van der Waals surface area contributed by atoms with E-state index in [1.165, 1.54) is 11.8 Å². The normalized spacial score (nSPS) is 11.9. The Morgan fingerprint density at radius 2 is 2.11 bits per heavy atom. The van der Waals surface area contributed by atoms with Gasteiger partial charge in [-0.25, -0.2) is 0 Å². The van der Waals surface area contributed by atoms with Gasteiger partial charge < -0.3 is 10.1 Å². The summed E-state index contributed by atoms with van der Waals surface area (Å²) in [7, 11) is 1.59. The molecule has 27 heavy (non-hydrogen) atoms. The Balaban J connectivity index is 1.78. The number of carbonyl (C=O) groups excluding carboxylic acids is 1. The summed E-state index contributed by atoms with van der Waals surface area (Å²) >= 11 is 7.21. The molecule has 1 heterocycles. The van der Waals surface area contributed by atoms with Crippen LogP contribution in [-0.2, 0) is 4.79 Å². The number of halogens is 1. The van der Waals surface area contributed by atoms with Gasteiger partial charge in [-0.1, -0.05) is 35.5 Å². The molecule has 7 nitrogen and oxygen atoms in total. The number of aromatic nitrogens is 4. The van der Waals surface area contributed by atoms with Crippen molar-refractivity contribution >= 4 is 35.0 Å². The standard InChI is InChI=1S/C18H18ClN5O2S/c1-11-7-8-16(26-3)15(9-11)24-18(21-22-23-24)27-12(2)17(25)20-14-6-4-5-13(19)10-14/h4-10,12H,1-3H3,(H,20,25). The van der Waals surface area contributed by atoms with Gasteiger partial charge in [0, 0.05) is 10.7 Å². The lowest BCUT2D eigenvalue weighted by Gasteiger charge is -2.13. The Morgan fingerprint density at radius 1 is 1.30 bits per heavy atom. The van der Waals surface area contributed by atoms with Crippen molar-refractivity contribution < 1.29 is 9.53 Å². The molecule has 140 valence electrons. The van der Waals surface area contributed by atoms with Gasteiger partial charge in [-0.05, 0) is 60.2 Å². The third kappa shape index (κ3) is 4.58. The summed E-state index contributed by atoms with van der Waals surface area (Å²) < 4.78 is 6.97. The number of benzene rings is 2. The van der Waals surface area contributed by atoms with E-state index in [0.29, 0.717) is 27.3 Å². The largest absolute Gasteiger partial charge is 0.494 e. The molecule has 0 fully saturated rings. The van der Waals surface area contributed by atoms with Gasteiger partial charge in [0.1, 0.15) is 11.4 Å². The predicted octanol–water partition coefficient (Wildman–Crippen LogP) is 3.75. The zero-order valence-electron chi connectivity index (χ0n) is 15.0. The van der Waals surface area contributed by atoms with Gasteiger partial charge in [0.05, 0.1) is 12.4 Å². The summed E-state index contributed by atoms with van der Waals surface area (Å²) in [6, 6.07) is 12.7. The fraction of sp³-hybridized carbons (Fsp3) is 0.222. The average molecular weight is 404 g/mol. The summed E-state index contributed by atoms with van der Waals surface area (Å²) in [5.41, 5.74) is 2.40. The number of hydrogen-bond donors (Lipinski definition) is 1. The van der Waals surface area contributed by atoms with Crippen LogP contribution >= 0.6 is 23.4 Å². The van der Waals surface area contributed by atoms with E-state index in [9.17, 15) is 4.79 Å². The molecule has 0 bridgehead atoms. The van der Waals surface area contributed by atoms with E-state index in [0.717, 1.165) is 5.56 Å². The first-order valence-corrected chi connectivity index (χ1v) is 9.40. The van der Waals surface area contributed by atoms with Gasteiger partial charge in [-0.2, -0.15) is 4.68 Å². The van der Waals surface area contributed by atoms with Crippen molar-refractivity contribution in [1.29, 1.82) is 0 Å². The van der Waals surface area contributed by atoms with Gasteiger partial charge in [-0.15, -0.1) is 5.10 Å². The van der Waals surface area contributed by atoms with E-state index in [2.05, 4.69) is 20.8 Å². The Bertz CT molecular complexity index is 962. The molecule has 3 rings (SSSR count). The van der Waals surface area contributed by atoms with Crippen LogP contribution < -0.4 is 10.1 Å². The van der Waals surface area contributed by atoms with Crippen LogP contribution in [0.1, 0.15) is 12.5 Å². The van der Waals surface area contributed by atoms with Crippen molar-refractivity contribution in [1.82, 2.24) is 20.2 Å². The Kier molecular flexibility index (Phi) is 5.98. The second-order valence-electron chi connectivity index (χ2n) is 5.81. The maximum absolute atomic E-state index is 12.5. The quantitative estimate of drug-likeness (QED) is 0.631. The monoisotopic (exact) mass is 403 g/mol. The van der Waals surface area contributed by atoms with Crippen LogP contribution in [0.5, 0.6) is 5.75 Å². The lowest BCUT2D eigenvalue weighted by atomic mass is 10.2. The van der Waals surface area contributed by atoms with Gasteiger partial charge in [0.15, 0.2) is 0 Å². The molecule has 1 amide bonds. The van der Waals surface area contributed by atoms with E-state index in [4.69, 9.17) is 16.3 Å². The van der Waals surface area contributed by atoms with Gasteiger partial charge in [0.2, 0.25) is 11.1 Å². The van der Waals surface area contributed by atoms with Gasteiger partial charge in [-0.3, -0.25) is 4.79 Å². The minimum absolute atomic E-state index is 0.173. The molecule has 0 aliphatic heterocycles. The average Bonchev–Trinajstić information content (AvgIpc) is 3.09. The lowest BCUT2D eigenvalue weighted by Crippen LogP contribution is -2.23. The number of thioether (sulfide) groups is 1. The summed E-state index contributed by atoms with van der Waals surface area (Å²) in [5, 5.41) is 15.3. The van der Waals surface area contributed by atoms with Gasteiger partial charge in [0.25, 0.3) is 0 Å². The molecule has 2 aromatic carbocycles. The number of carbonyl (C=O) groups is 1. The number of aryl methyl sites for hydroxylation is 1. The summed E-state index contributed by atoms with van der Waals surface area (Å²) in [6.45, 7) is 3.76. The topological polar surface area (TPSA) is 81.9 Å². The number of hydrogen-bond acceptors (Lipinski definition) is 6. The van der Waals surface area contributed by atoms with Crippen molar-refractivity contribution in [2.24, 2.45) is 0 Å². The Hall–Kier alpha value is -2.58. The van der Waals surface area contributed by atoms with E-state index in [1.807, 2.05) is 25.1 Å². The number of tetrazole rings is 1. The van der Waals surface area contributed by atoms with Gasteiger partial charge >= 0.3 is 0 Å². The van der Waals surface area contributed by atoms with Crippen LogP contribution in [0.15, 0.2) is 47.6 Å². The number of nitrogens with one attached hydrogen (secondary N) is 1. The maximum Gasteiger partial charge on any atom is 0.237 e. The van der Waals surface area contributed by atoms with Crippen LogP contribution in [0.4, 0.5) is 5.69 Å². The van der Waals surface area contributed by atoms with Crippen LogP contribution in [0.3, 0.4) is 0 Å². The SMILES string of the molecule is COc1ccc(C)cc1-n1nnnc1SC(C)C(=O)Nc1cccc(Cl)c1. The Labute approximate surface area is 166 Å². The van der Waals surface area contributed by atoms with Crippen LogP contribution in [-0.4, -0.2) is 38.5 Å². The molecule has 1 aromatic heterocycles. The minimum Gasteiger partial charge on any atom is -0.494 e. The first kappa shape index (κ1) is 19.2. The smallest absolute Gasteiger partial charge is 0.237 e. The molecule has 1 N–H and O–H groups in total. The fourth-order valence-corrected chi connectivity index (χ4v) is 3.38. The van der Waals surface area contributed by atoms with Crippen molar-refractivity contribution in [2.75, 3.05) is 12.4 Å². The lowest BCUT2D eigenvalue weighted by molar-refractivity contribution is -0.115. The zero-order chi connectivity index (χ0) is 19.4. The van der Waals surface area contributed by atoms with E-state index >= 15 is 0 Å². The molecule has 0 saturated carbocycles. The van der Waals surface area contributed by atoms with Crippen LogP contribution in [0.2, 0.25) is 5.02 Å². The van der Waals surface area contributed by atoms with Crippen LogP contribution in [0, 0.1) is 6.92 Å². The fourth-order valence-electron chi connectivity index (χ4n) is 2.39. The van der Waals surface area contributed by atoms with E-state index < -0.39 is 5.25 Å². The number of methoxy groups -OCH3 is 1. The highest BCUT2D eigenvalue weighted by atomic mass is 35.5. The molecular formula is C18H18ClN5O2S. The van der Waals surface area contributed by atoms with Crippen molar-refractivity contribution in [3.63, 3.8) is 0 Å². The molecule has 1 unspecified atom stereocenters.